The Hall–Kier alpha value is -2.37. The minimum atomic E-state index is -0.576. The lowest BCUT2D eigenvalue weighted by atomic mass is 10.2. The summed E-state index contributed by atoms with van der Waals surface area (Å²) in [5.74, 6) is -0.517. The Bertz CT molecular complexity index is 667. The van der Waals surface area contributed by atoms with Gasteiger partial charge in [-0.2, -0.15) is 0 Å². The summed E-state index contributed by atoms with van der Waals surface area (Å²) >= 11 is 0. The van der Waals surface area contributed by atoms with Gasteiger partial charge in [-0.3, -0.25) is 4.57 Å². The number of hydrogen-bond donors (Lipinski definition) is 0. The molecule has 0 aromatic carbocycles. The molecule has 20 heavy (non-hydrogen) atoms. The fraction of sp³-hybridized carbons (Fsp3) is 0.357. The average Bonchev–Trinajstić information content (AvgIpc) is 2.78. The van der Waals surface area contributed by atoms with E-state index in [4.69, 9.17) is 4.74 Å². The number of nitrogens with zero attached hydrogens (tertiary/aromatic N) is 2. The van der Waals surface area contributed by atoms with Crippen LogP contribution in [0.1, 0.15) is 31.3 Å². The first kappa shape index (κ1) is 14.0. The summed E-state index contributed by atoms with van der Waals surface area (Å²) in [6.07, 6.45) is 2.55. The molecule has 0 aliphatic heterocycles. The minimum absolute atomic E-state index is 0.196. The molecule has 6 heteroatoms. The molecule has 6 nitrogen and oxygen atoms in total. The van der Waals surface area contributed by atoms with Gasteiger partial charge in [0, 0.05) is 11.6 Å². The smallest absolute Gasteiger partial charge is 0.419 e. The molecule has 0 saturated heterocycles. The van der Waals surface area contributed by atoms with Crippen LogP contribution in [-0.2, 0) is 9.47 Å². The van der Waals surface area contributed by atoms with Gasteiger partial charge >= 0.3 is 12.1 Å². The molecule has 2 aromatic heterocycles. The van der Waals surface area contributed by atoms with Gasteiger partial charge < -0.3 is 9.47 Å². The summed E-state index contributed by atoms with van der Waals surface area (Å²) in [6, 6.07) is 3.29. The highest BCUT2D eigenvalue weighted by Gasteiger charge is 2.19. The van der Waals surface area contributed by atoms with Crippen molar-refractivity contribution in [2.45, 2.75) is 26.4 Å². The molecule has 0 aliphatic carbocycles. The summed E-state index contributed by atoms with van der Waals surface area (Å²) in [6.45, 7) is 5.39. The van der Waals surface area contributed by atoms with Crippen molar-refractivity contribution in [3.05, 3.63) is 30.2 Å². The highest BCUT2D eigenvalue weighted by atomic mass is 16.6. The van der Waals surface area contributed by atoms with E-state index in [0.29, 0.717) is 10.9 Å². The third-order valence-electron chi connectivity index (χ3n) is 2.56. The molecule has 0 N–H and O–H groups in total. The number of carbonyl (C=O) groups is 2. The molecule has 2 heterocycles. The van der Waals surface area contributed by atoms with Gasteiger partial charge in [0.15, 0.2) is 0 Å². The van der Waals surface area contributed by atoms with Gasteiger partial charge in [-0.1, -0.05) is 0 Å². The maximum Gasteiger partial charge on any atom is 0.419 e. The van der Waals surface area contributed by atoms with Crippen LogP contribution < -0.4 is 0 Å². The molecule has 0 radical (unpaired) electrons. The molecular formula is C14H16N2O4. The Morgan fingerprint density at radius 2 is 2.00 bits per heavy atom. The van der Waals surface area contributed by atoms with Crippen LogP contribution in [0.5, 0.6) is 0 Å². The maximum absolute atomic E-state index is 12.0. The SMILES string of the molecule is COC(=O)c1cc2ccn(C(=O)OC(C)(C)C)c2cn1. The highest BCUT2D eigenvalue weighted by Crippen LogP contribution is 2.18. The highest BCUT2D eigenvalue weighted by molar-refractivity contribution is 5.94. The van der Waals surface area contributed by atoms with Gasteiger partial charge in [-0.25, -0.2) is 14.6 Å². The topological polar surface area (TPSA) is 70.4 Å². The number of esters is 1. The van der Waals surface area contributed by atoms with E-state index < -0.39 is 17.7 Å². The Kier molecular flexibility index (Phi) is 3.48. The Morgan fingerprint density at radius 1 is 1.30 bits per heavy atom. The van der Waals surface area contributed by atoms with Crippen LogP contribution in [0.15, 0.2) is 24.5 Å². The number of aromatic nitrogens is 2. The predicted octanol–water partition coefficient (Wildman–Crippen LogP) is 2.61. The lowest BCUT2D eigenvalue weighted by molar-refractivity contribution is 0.0543. The molecule has 0 fully saturated rings. The lowest BCUT2D eigenvalue weighted by Crippen LogP contribution is -2.26. The zero-order valence-corrected chi connectivity index (χ0v) is 11.8. The molecule has 2 aromatic rings. The van der Waals surface area contributed by atoms with E-state index in [1.54, 1.807) is 39.1 Å². The Balaban J connectivity index is 2.38. The Labute approximate surface area is 116 Å². The summed E-state index contributed by atoms with van der Waals surface area (Å²) in [7, 11) is 1.29. The van der Waals surface area contributed by atoms with Crippen LogP contribution in [0, 0.1) is 0 Å². The second-order valence-corrected chi connectivity index (χ2v) is 5.29. The fourth-order valence-electron chi connectivity index (χ4n) is 1.72. The number of pyridine rings is 1. The second kappa shape index (κ2) is 4.96. The third kappa shape index (κ3) is 2.79. The third-order valence-corrected chi connectivity index (χ3v) is 2.56. The molecule has 0 amide bonds. The maximum atomic E-state index is 12.0. The minimum Gasteiger partial charge on any atom is -0.464 e. The summed E-state index contributed by atoms with van der Waals surface area (Å²) in [5, 5.41) is 0.714. The van der Waals surface area contributed by atoms with Crippen LogP contribution in [0.4, 0.5) is 4.79 Å². The summed E-state index contributed by atoms with van der Waals surface area (Å²) < 4.78 is 11.3. The molecule has 0 unspecified atom stereocenters. The number of fused-ring (bicyclic) bond motifs is 1. The van der Waals surface area contributed by atoms with Gasteiger partial charge in [0.25, 0.3) is 0 Å². The normalized spacial score (nSPS) is 11.4. The van der Waals surface area contributed by atoms with Crippen LogP contribution in [0.3, 0.4) is 0 Å². The number of carbonyl (C=O) groups excluding carboxylic acids is 2. The van der Waals surface area contributed by atoms with E-state index in [2.05, 4.69) is 9.72 Å². The zero-order valence-electron chi connectivity index (χ0n) is 11.8. The van der Waals surface area contributed by atoms with Gasteiger partial charge in [0.1, 0.15) is 11.3 Å². The van der Waals surface area contributed by atoms with Crippen molar-refractivity contribution >= 4 is 23.0 Å². The molecule has 0 bridgehead atoms. The molecule has 2 rings (SSSR count). The molecule has 106 valence electrons. The Morgan fingerprint density at radius 3 is 2.60 bits per heavy atom. The molecule has 0 aliphatic rings. The van der Waals surface area contributed by atoms with Gasteiger partial charge in [-0.05, 0) is 32.9 Å². The lowest BCUT2D eigenvalue weighted by Gasteiger charge is -2.19. The van der Waals surface area contributed by atoms with Crippen molar-refractivity contribution in [3.63, 3.8) is 0 Å². The van der Waals surface area contributed by atoms with Crippen molar-refractivity contribution in [2.75, 3.05) is 7.11 Å². The largest absolute Gasteiger partial charge is 0.464 e. The van der Waals surface area contributed by atoms with Crippen molar-refractivity contribution in [1.82, 2.24) is 9.55 Å². The molecule has 0 saturated carbocycles. The molecule has 0 atom stereocenters. The van der Waals surface area contributed by atoms with E-state index >= 15 is 0 Å². The predicted molar refractivity (Wildman–Crippen MR) is 72.7 cm³/mol. The average molecular weight is 276 g/mol. The number of ether oxygens (including phenoxy) is 2. The van der Waals surface area contributed by atoms with E-state index in [1.807, 2.05) is 0 Å². The van der Waals surface area contributed by atoms with Gasteiger partial charge in [0.2, 0.25) is 0 Å². The zero-order chi connectivity index (χ0) is 14.9. The summed E-state index contributed by atoms with van der Waals surface area (Å²) in [5.41, 5.74) is 0.196. The first-order valence-electron chi connectivity index (χ1n) is 6.10. The van der Waals surface area contributed by atoms with Crippen molar-refractivity contribution in [1.29, 1.82) is 0 Å². The standard InChI is InChI=1S/C14H16N2O4/c1-14(2,3)20-13(18)16-6-5-9-7-10(12(17)19-4)15-8-11(9)16/h5-8H,1-4H3. The monoisotopic (exact) mass is 276 g/mol. The van der Waals surface area contributed by atoms with Crippen LogP contribution >= 0.6 is 0 Å². The van der Waals surface area contributed by atoms with E-state index in [-0.39, 0.29) is 5.69 Å². The van der Waals surface area contributed by atoms with Gasteiger partial charge in [0.05, 0.1) is 18.8 Å². The van der Waals surface area contributed by atoms with Crippen molar-refractivity contribution in [2.24, 2.45) is 0 Å². The van der Waals surface area contributed by atoms with Gasteiger partial charge in [-0.15, -0.1) is 0 Å². The summed E-state index contributed by atoms with van der Waals surface area (Å²) in [4.78, 5) is 27.4. The van der Waals surface area contributed by atoms with E-state index in [0.717, 1.165) is 0 Å². The first-order valence-corrected chi connectivity index (χ1v) is 6.10. The first-order chi connectivity index (χ1) is 9.31. The van der Waals surface area contributed by atoms with Crippen LogP contribution in [0.25, 0.3) is 10.9 Å². The van der Waals surface area contributed by atoms with E-state index in [9.17, 15) is 9.59 Å². The quantitative estimate of drug-likeness (QED) is 0.749. The fourth-order valence-corrected chi connectivity index (χ4v) is 1.72. The second-order valence-electron chi connectivity index (χ2n) is 5.29. The van der Waals surface area contributed by atoms with Crippen molar-refractivity contribution < 1.29 is 19.1 Å². The van der Waals surface area contributed by atoms with Crippen LogP contribution in [-0.4, -0.2) is 34.3 Å². The molecule has 0 spiro atoms. The number of methoxy groups -OCH3 is 1. The van der Waals surface area contributed by atoms with Crippen LogP contribution in [0.2, 0.25) is 0 Å². The molecular weight excluding hydrogens is 260 g/mol. The number of rotatable bonds is 1. The van der Waals surface area contributed by atoms with E-state index in [1.165, 1.54) is 17.9 Å². The number of hydrogen-bond acceptors (Lipinski definition) is 5. The van der Waals surface area contributed by atoms with Crippen molar-refractivity contribution in [3.8, 4) is 0 Å².